The maximum Gasteiger partial charge on any atom is 0.243 e. The number of nitrogens with zero attached hydrogens (tertiary/aromatic N) is 1. The molecule has 1 aliphatic carbocycles. The fourth-order valence-electron chi connectivity index (χ4n) is 5.44. The van der Waals surface area contributed by atoms with E-state index in [0.717, 1.165) is 40.8 Å². The molecule has 1 aliphatic rings. The van der Waals surface area contributed by atoms with Crippen LogP contribution in [0.25, 0.3) is 0 Å². The van der Waals surface area contributed by atoms with E-state index < -0.39 is 16.1 Å². The Labute approximate surface area is 283 Å². The van der Waals surface area contributed by atoms with Crippen LogP contribution in [0.4, 0.5) is 0 Å². The average molecular weight is 670 g/mol. The molecular weight excluding hydrogens is 627 g/mol. The van der Waals surface area contributed by atoms with E-state index in [2.05, 4.69) is 10.0 Å². The first-order valence-corrected chi connectivity index (χ1v) is 17.7. The molecule has 9 nitrogen and oxygen atoms in total. The molecule has 0 spiro atoms. The van der Waals surface area contributed by atoms with Gasteiger partial charge in [-0.1, -0.05) is 66.7 Å². The van der Waals surface area contributed by atoms with Crippen LogP contribution < -0.4 is 19.5 Å². The van der Waals surface area contributed by atoms with Gasteiger partial charge in [0.05, 0.1) is 19.1 Å². The first-order chi connectivity index (χ1) is 23.2. The Morgan fingerprint density at radius 3 is 1.90 bits per heavy atom. The second-order valence-corrected chi connectivity index (χ2v) is 13.7. The van der Waals surface area contributed by atoms with Crippen LogP contribution in [-0.4, -0.2) is 58.0 Å². The molecule has 0 heterocycles. The van der Waals surface area contributed by atoms with Crippen molar-refractivity contribution < 1.29 is 27.5 Å². The number of carbonyl (C=O) groups is 2. The predicted octanol–water partition coefficient (Wildman–Crippen LogP) is 5.08. The summed E-state index contributed by atoms with van der Waals surface area (Å²) < 4.78 is 38.5. The van der Waals surface area contributed by atoms with E-state index in [-0.39, 0.29) is 35.7 Å². The van der Waals surface area contributed by atoms with Crippen LogP contribution in [0.1, 0.15) is 41.5 Å². The van der Waals surface area contributed by atoms with E-state index >= 15 is 0 Å². The third kappa shape index (κ3) is 9.92. The summed E-state index contributed by atoms with van der Waals surface area (Å²) in [5.41, 5.74) is 3.70. The van der Waals surface area contributed by atoms with E-state index in [9.17, 15) is 18.0 Å². The SMILES string of the molecule is COc1ccc(CCNC(=O)[C@H](Cc2ccccc2)N(Cc2ccc(OC)cc2)C(=O)CCc2ccc(S(=O)(=O)NC3CC3)cc2)cc1. The van der Waals surface area contributed by atoms with E-state index in [1.165, 1.54) is 0 Å². The highest BCUT2D eigenvalue weighted by molar-refractivity contribution is 7.89. The van der Waals surface area contributed by atoms with Gasteiger partial charge in [0.2, 0.25) is 21.8 Å². The number of hydrogen-bond donors (Lipinski definition) is 2. The van der Waals surface area contributed by atoms with Gasteiger partial charge in [0.15, 0.2) is 0 Å². The lowest BCUT2D eigenvalue weighted by atomic mass is 10.0. The van der Waals surface area contributed by atoms with Gasteiger partial charge < -0.3 is 19.7 Å². The molecule has 10 heteroatoms. The molecule has 252 valence electrons. The molecule has 1 atom stereocenters. The largest absolute Gasteiger partial charge is 0.497 e. The van der Waals surface area contributed by atoms with Crippen molar-refractivity contribution in [2.45, 2.75) is 62.0 Å². The molecule has 0 aromatic heterocycles. The van der Waals surface area contributed by atoms with Crippen molar-refractivity contribution in [2.24, 2.45) is 0 Å². The lowest BCUT2D eigenvalue weighted by Crippen LogP contribution is -2.50. The number of aryl methyl sites for hydroxylation is 1. The highest BCUT2D eigenvalue weighted by atomic mass is 32.2. The van der Waals surface area contributed by atoms with Gasteiger partial charge in [-0.05, 0) is 84.3 Å². The minimum atomic E-state index is -3.56. The first-order valence-electron chi connectivity index (χ1n) is 16.2. The van der Waals surface area contributed by atoms with Gasteiger partial charge in [0, 0.05) is 32.0 Å². The number of ether oxygens (including phenoxy) is 2. The molecule has 2 amide bonds. The zero-order chi connectivity index (χ0) is 33.9. The summed E-state index contributed by atoms with van der Waals surface area (Å²) in [6, 6.07) is 30.8. The smallest absolute Gasteiger partial charge is 0.243 e. The van der Waals surface area contributed by atoms with Crippen molar-refractivity contribution in [3.63, 3.8) is 0 Å². The van der Waals surface area contributed by atoms with Gasteiger partial charge in [0.1, 0.15) is 17.5 Å². The molecule has 1 fully saturated rings. The second-order valence-electron chi connectivity index (χ2n) is 12.0. The maximum absolute atomic E-state index is 14.1. The Morgan fingerprint density at radius 1 is 0.750 bits per heavy atom. The van der Waals surface area contributed by atoms with Gasteiger partial charge in [-0.15, -0.1) is 0 Å². The lowest BCUT2D eigenvalue weighted by Gasteiger charge is -2.32. The van der Waals surface area contributed by atoms with Crippen LogP contribution in [0, 0.1) is 0 Å². The monoisotopic (exact) mass is 669 g/mol. The number of rotatable bonds is 17. The molecule has 0 saturated heterocycles. The standard InChI is InChI=1S/C38H43N3O6S/c1-46-33-17-8-29(9-18-33)24-25-39-38(43)36(26-30-6-4-3-5-7-30)41(27-31-10-19-34(47-2)20-11-31)37(42)23-14-28-12-21-35(22-13-28)48(44,45)40-32-15-16-32/h3-13,17-22,32,36,40H,14-16,23-27H2,1-2H3,(H,39,43)/t36-/m0/s1. The molecule has 1 saturated carbocycles. The average Bonchev–Trinajstić information content (AvgIpc) is 3.93. The minimum absolute atomic E-state index is 0.0208. The summed E-state index contributed by atoms with van der Waals surface area (Å²) >= 11 is 0. The fourth-order valence-corrected chi connectivity index (χ4v) is 6.75. The molecule has 0 radical (unpaired) electrons. The molecule has 48 heavy (non-hydrogen) atoms. The number of sulfonamides is 1. The maximum atomic E-state index is 14.1. The Balaban J connectivity index is 1.34. The van der Waals surface area contributed by atoms with Gasteiger partial charge in [-0.25, -0.2) is 13.1 Å². The van der Waals surface area contributed by atoms with Crippen molar-refractivity contribution in [1.82, 2.24) is 14.9 Å². The Hall–Kier alpha value is -4.67. The van der Waals surface area contributed by atoms with Crippen LogP contribution >= 0.6 is 0 Å². The number of benzene rings is 4. The molecular formula is C38H43N3O6S. The van der Waals surface area contributed by atoms with Gasteiger partial charge in [0.25, 0.3) is 0 Å². The van der Waals surface area contributed by atoms with E-state index in [1.54, 1.807) is 43.4 Å². The summed E-state index contributed by atoms with van der Waals surface area (Å²) in [5.74, 6) is 1.06. The number of hydrogen-bond acceptors (Lipinski definition) is 6. The van der Waals surface area contributed by atoms with Crippen molar-refractivity contribution in [3.8, 4) is 11.5 Å². The number of methoxy groups -OCH3 is 2. The Kier molecular flexibility index (Phi) is 11.9. The van der Waals surface area contributed by atoms with Gasteiger partial charge in [-0.3, -0.25) is 9.59 Å². The molecule has 4 aromatic rings. The summed E-state index contributed by atoms with van der Waals surface area (Å²) in [7, 11) is -0.339. The van der Waals surface area contributed by atoms with Crippen LogP contribution in [-0.2, 0) is 45.4 Å². The lowest BCUT2D eigenvalue weighted by molar-refractivity contribution is -0.141. The molecule has 0 unspecified atom stereocenters. The second kappa shape index (κ2) is 16.4. The number of nitrogens with one attached hydrogen (secondary N) is 2. The van der Waals surface area contributed by atoms with Gasteiger partial charge in [-0.2, -0.15) is 0 Å². The summed E-state index contributed by atoms with van der Waals surface area (Å²) in [5, 5.41) is 3.08. The normalized spacial score (nSPS) is 13.4. The fraction of sp³-hybridized carbons (Fsp3) is 0.316. The quantitative estimate of drug-likeness (QED) is 0.162. The van der Waals surface area contributed by atoms with Crippen molar-refractivity contribution in [1.29, 1.82) is 0 Å². The third-order valence-electron chi connectivity index (χ3n) is 8.42. The zero-order valence-electron chi connectivity index (χ0n) is 27.4. The van der Waals surface area contributed by atoms with E-state index in [4.69, 9.17) is 9.47 Å². The van der Waals surface area contributed by atoms with Crippen LogP contribution in [0.5, 0.6) is 11.5 Å². The number of carbonyl (C=O) groups excluding carboxylic acids is 2. The highest BCUT2D eigenvalue weighted by Gasteiger charge is 2.31. The van der Waals surface area contributed by atoms with Crippen molar-refractivity contribution >= 4 is 21.8 Å². The Bertz CT molecular complexity index is 1740. The van der Waals surface area contributed by atoms with Crippen LogP contribution in [0.15, 0.2) is 108 Å². The molecule has 0 aliphatic heterocycles. The first kappa shape index (κ1) is 34.7. The van der Waals surface area contributed by atoms with Crippen molar-refractivity contribution in [2.75, 3.05) is 20.8 Å². The van der Waals surface area contributed by atoms with Crippen LogP contribution in [0.2, 0.25) is 0 Å². The third-order valence-corrected chi connectivity index (χ3v) is 9.95. The highest BCUT2D eigenvalue weighted by Crippen LogP contribution is 2.23. The molecule has 0 bridgehead atoms. The number of amides is 2. The molecule has 2 N–H and O–H groups in total. The Morgan fingerprint density at radius 2 is 1.31 bits per heavy atom. The van der Waals surface area contributed by atoms with E-state index in [1.807, 2.05) is 78.9 Å². The minimum Gasteiger partial charge on any atom is -0.497 e. The van der Waals surface area contributed by atoms with Crippen molar-refractivity contribution in [3.05, 3.63) is 125 Å². The van der Waals surface area contributed by atoms with Gasteiger partial charge >= 0.3 is 0 Å². The summed E-state index contributed by atoms with van der Waals surface area (Å²) in [4.78, 5) is 29.9. The van der Waals surface area contributed by atoms with E-state index in [0.29, 0.717) is 31.6 Å². The van der Waals surface area contributed by atoms with Crippen LogP contribution in [0.3, 0.4) is 0 Å². The topological polar surface area (TPSA) is 114 Å². The zero-order valence-corrected chi connectivity index (χ0v) is 28.2. The summed E-state index contributed by atoms with van der Waals surface area (Å²) in [6.45, 7) is 0.641. The summed E-state index contributed by atoms with van der Waals surface area (Å²) in [6.07, 6.45) is 3.23. The molecule has 4 aromatic carbocycles. The molecule has 5 rings (SSSR count). The predicted molar refractivity (Wildman–Crippen MR) is 185 cm³/mol.